The zero-order chi connectivity index (χ0) is 25.0. The lowest BCUT2D eigenvalue weighted by Crippen LogP contribution is -2.51. The SMILES string of the molecule is C=[N+]=C(C)NC(Cc1cc(F)cc(F)c1)C(O)CNC1(C2=CCCC(n3cccn3)=C2)CC1CC. The molecule has 0 amide bonds. The van der Waals surface area contributed by atoms with Gasteiger partial charge in [0.1, 0.15) is 23.8 Å². The number of rotatable bonds is 10. The number of halogens is 2. The van der Waals surface area contributed by atoms with Crippen LogP contribution >= 0.6 is 0 Å². The summed E-state index contributed by atoms with van der Waals surface area (Å²) in [5, 5.41) is 22.4. The molecule has 0 bridgehead atoms. The topological polar surface area (TPSA) is 76.2 Å². The van der Waals surface area contributed by atoms with E-state index in [2.05, 4.69) is 46.2 Å². The number of aliphatic hydroxyl groups excluding tert-OH is 1. The average Bonchev–Trinajstić information content (AvgIpc) is 3.29. The number of benzene rings is 1. The van der Waals surface area contributed by atoms with Gasteiger partial charge in [0.15, 0.2) is 6.72 Å². The van der Waals surface area contributed by atoms with E-state index in [0.717, 1.165) is 37.4 Å². The number of nitrogens with one attached hydrogen (secondary N) is 2. The molecule has 2 aliphatic rings. The molecule has 4 rings (SSSR count). The Bertz CT molecular complexity index is 1130. The van der Waals surface area contributed by atoms with Crippen molar-refractivity contribution < 1.29 is 13.9 Å². The number of β-amino-alcohol motifs (C(OH)–C–C–N with tert-alkyl or cyclic N) is 1. The van der Waals surface area contributed by atoms with Crippen molar-refractivity contribution in [2.24, 2.45) is 5.92 Å². The van der Waals surface area contributed by atoms with E-state index >= 15 is 0 Å². The van der Waals surface area contributed by atoms with Crippen LogP contribution in [-0.4, -0.2) is 51.7 Å². The molecule has 1 aromatic carbocycles. The van der Waals surface area contributed by atoms with Crippen molar-refractivity contribution in [3.8, 4) is 0 Å². The first-order valence-corrected chi connectivity index (χ1v) is 12.2. The van der Waals surface area contributed by atoms with Crippen molar-refractivity contribution >= 4 is 18.3 Å². The van der Waals surface area contributed by atoms with Crippen LogP contribution in [0.1, 0.15) is 45.1 Å². The number of nitrogens with zero attached hydrogens (tertiary/aromatic N) is 3. The highest BCUT2D eigenvalue weighted by Crippen LogP contribution is 2.52. The highest BCUT2D eigenvalue weighted by atomic mass is 19.1. The lowest BCUT2D eigenvalue weighted by molar-refractivity contribution is 0.129. The number of hydrogen-bond acceptors (Lipinski definition) is 3. The van der Waals surface area contributed by atoms with Crippen LogP contribution in [0.4, 0.5) is 8.78 Å². The van der Waals surface area contributed by atoms with Gasteiger partial charge < -0.3 is 10.4 Å². The Kier molecular flexibility index (Phi) is 7.65. The average molecular weight is 483 g/mol. The van der Waals surface area contributed by atoms with Crippen molar-refractivity contribution in [1.29, 1.82) is 0 Å². The van der Waals surface area contributed by atoms with E-state index in [1.54, 1.807) is 13.1 Å². The summed E-state index contributed by atoms with van der Waals surface area (Å²) in [6.07, 6.45) is 11.6. The molecule has 0 radical (unpaired) electrons. The molecular formula is C27H34F2N5O+. The maximum atomic E-state index is 13.8. The van der Waals surface area contributed by atoms with Crippen LogP contribution < -0.4 is 15.3 Å². The minimum atomic E-state index is -0.827. The smallest absolute Gasteiger partial charge is 0.339 e. The van der Waals surface area contributed by atoms with Crippen LogP contribution in [0, 0.1) is 17.6 Å². The van der Waals surface area contributed by atoms with Crippen molar-refractivity contribution in [3.63, 3.8) is 0 Å². The molecule has 2 aromatic rings. The molecule has 0 aliphatic heterocycles. The zero-order valence-corrected chi connectivity index (χ0v) is 20.3. The van der Waals surface area contributed by atoms with Crippen LogP contribution in [0.15, 0.2) is 54.4 Å². The van der Waals surface area contributed by atoms with Gasteiger partial charge >= 0.3 is 5.84 Å². The number of hydrogen-bond donors (Lipinski definition) is 3. The standard InChI is InChI=1S/C27H33F2N5O/c1-4-20-16-27(20,21-7-5-8-24(14-21)34-10-6-9-32-34)31-17-26(35)25(33-18(2)30-3)13-19-11-22(28)15-23(29)12-19/h6-7,9-12,14-15,20,25-26,31,35H,3-5,8,13,16-17H2,1-2H3/p+1. The minimum absolute atomic E-state index is 0.195. The van der Waals surface area contributed by atoms with Crippen molar-refractivity contribution in [1.82, 2.24) is 25.1 Å². The van der Waals surface area contributed by atoms with Crippen LogP contribution in [-0.2, 0) is 6.42 Å². The van der Waals surface area contributed by atoms with Crippen LogP contribution in [0.5, 0.6) is 0 Å². The molecule has 6 nitrogen and oxygen atoms in total. The first-order chi connectivity index (χ1) is 16.8. The second-order valence-corrected chi connectivity index (χ2v) is 9.49. The van der Waals surface area contributed by atoms with Crippen LogP contribution in [0.2, 0.25) is 0 Å². The van der Waals surface area contributed by atoms with Gasteiger partial charge in [-0.1, -0.05) is 19.4 Å². The summed E-state index contributed by atoms with van der Waals surface area (Å²) < 4.78 is 33.3. The molecule has 1 saturated carbocycles. The molecule has 186 valence electrons. The van der Waals surface area contributed by atoms with Crippen LogP contribution in [0.25, 0.3) is 5.70 Å². The Labute approximate surface area is 205 Å². The van der Waals surface area contributed by atoms with Gasteiger partial charge in [0, 0.05) is 42.7 Å². The van der Waals surface area contributed by atoms with Gasteiger partial charge in [-0.25, -0.2) is 18.1 Å². The summed E-state index contributed by atoms with van der Waals surface area (Å²) in [6.45, 7) is 7.77. The van der Waals surface area contributed by atoms with Gasteiger partial charge in [0.05, 0.1) is 6.92 Å². The number of aliphatic hydroxyl groups is 1. The Hall–Kier alpha value is -3.06. The molecule has 1 aromatic heterocycles. The fraction of sp³-hybridized carbons (Fsp3) is 0.444. The van der Waals surface area contributed by atoms with E-state index in [-0.39, 0.29) is 12.0 Å². The molecule has 8 heteroatoms. The zero-order valence-electron chi connectivity index (χ0n) is 20.3. The summed E-state index contributed by atoms with van der Waals surface area (Å²) >= 11 is 0. The largest absolute Gasteiger partial charge is 0.387 e. The minimum Gasteiger partial charge on any atom is -0.387 e. The van der Waals surface area contributed by atoms with Crippen molar-refractivity contribution in [3.05, 3.63) is 71.6 Å². The second kappa shape index (κ2) is 10.7. The third-order valence-corrected chi connectivity index (χ3v) is 7.10. The molecular weight excluding hydrogens is 448 g/mol. The van der Waals surface area contributed by atoms with E-state index in [9.17, 15) is 13.9 Å². The van der Waals surface area contributed by atoms with Gasteiger partial charge in [-0.05, 0) is 60.6 Å². The van der Waals surface area contributed by atoms with Gasteiger partial charge in [0.25, 0.3) is 0 Å². The Morgan fingerprint density at radius 1 is 1.34 bits per heavy atom. The maximum absolute atomic E-state index is 13.8. The van der Waals surface area contributed by atoms with E-state index < -0.39 is 23.8 Å². The first kappa shape index (κ1) is 25.0. The second-order valence-electron chi connectivity index (χ2n) is 9.49. The molecule has 2 aliphatic carbocycles. The third kappa shape index (κ3) is 5.78. The Morgan fingerprint density at radius 2 is 2.11 bits per heavy atom. The van der Waals surface area contributed by atoms with Gasteiger partial charge in [-0.15, -0.1) is 0 Å². The summed E-state index contributed by atoms with van der Waals surface area (Å²) in [6, 6.07) is 4.85. The molecule has 1 heterocycles. The molecule has 0 spiro atoms. The highest BCUT2D eigenvalue weighted by Gasteiger charge is 2.55. The van der Waals surface area contributed by atoms with Gasteiger partial charge in [-0.2, -0.15) is 5.10 Å². The molecule has 35 heavy (non-hydrogen) atoms. The van der Waals surface area contributed by atoms with E-state index in [0.29, 0.717) is 23.9 Å². The van der Waals surface area contributed by atoms with E-state index in [1.165, 1.54) is 17.7 Å². The predicted molar refractivity (Wildman–Crippen MR) is 136 cm³/mol. The van der Waals surface area contributed by atoms with Crippen molar-refractivity contribution in [2.75, 3.05) is 6.54 Å². The number of amidine groups is 1. The Morgan fingerprint density at radius 3 is 2.74 bits per heavy atom. The molecule has 1 fully saturated rings. The number of allylic oxidation sites excluding steroid dienone is 2. The van der Waals surface area contributed by atoms with E-state index in [4.69, 9.17) is 0 Å². The molecule has 4 unspecified atom stereocenters. The van der Waals surface area contributed by atoms with Gasteiger partial charge in [-0.3, -0.25) is 5.32 Å². The fourth-order valence-corrected chi connectivity index (χ4v) is 5.12. The van der Waals surface area contributed by atoms with Crippen LogP contribution in [0.3, 0.4) is 0 Å². The first-order valence-electron chi connectivity index (χ1n) is 12.2. The molecule has 3 N–H and O–H groups in total. The lowest BCUT2D eigenvalue weighted by atomic mass is 9.93. The maximum Gasteiger partial charge on any atom is 0.339 e. The third-order valence-electron chi connectivity index (χ3n) is 7.10. The van der Waals surface area contributed by atoms with E-state index in [1.807, 2.05) is 16.9 Å². The summed E-state index contributed by atoms with van der Waals surface area (Å²) in [7, 11) is 0. The predicted octanol–water partition coefficient (Wildman–Crippen LogP) is 3.23. The lowest BCUT2D eigenvalue weighted by Gasteiger charge is -2.28. The summed E-state index contributed by atoms with van der Waals surface area (Å²) in [4.78, 5) is 0. The monoisotopic (exact) mass is 482 g/mol. The number of aromatic nitrogens is 2. The summed E-state index contributed by atoms with van der Waals surface area (Å²) in [5.41, 5.74) is 2.66. The quantitative estimate of drug-likeness (QED) is 0.276. The summed E-state index contributed by atoms with van der Waals surface area (Å²) in [5.74, 6) is -0.261. The van der Waals surface area contributed by atoms with Gasteiger partial charge in [0.2, 0.25) is 0 Å². The molecule has 4 atom stereocenters. The normalized spacial score (nSPS) is 23.1. The molecule has 0 saturated heterocycles. The highest BCUT2D eigenvalue weighted by molar-refractivity contribution is 5.79. The van der Waals surface area contributed by atoms with Crippen molar-refractivity contribution in [2.45, 2.75) is 63.6 Å². The fourth-order valence-electron chi connectivity index (χ4n) is 5.12. The Balaban J connectivity index is 1.50.